The molecular weight excluding hydrogens is 325 g/mol. The summed E-state index contributed by atoms with van der Waals surface area (Å²) in [6, 6.07) is 4.85. The van der Waals surface area contributed by atoms with Crippen molar-refractivity contribution in [1.82, 2.24) is 25.0 Å². The van der Waals surface area contributed by atoms with Gasteiger partial charge in [0, 0.05) is 14.1 Å². The van der Waals surface area contributed by atoms with Crippen LogP contribution in [0.1, 0.15) is 24.4 Å². The zero-order valence-electron chi connectivity index (χ0n) is 12.5. The van der Waals surface area contributed by atoms with Crippen molar-refractivity contribution >= 4 is 29.2 Å². The number of amides is 2. The highest BCUT2D eigenvalue weighted by atomic mass is 35.5. The Morgan fingerprint density at radius 2 is 2.18 bits per heavy atom. The van der Waals surface area contributed by atoms with Crippen molar-refractivity contribution in [3.05, 3.63) is 46.0 Å². The van der Waals surface area contributed by atoms with E-state index in [1.54, 1.807) is 30.9 Å². The first-order chi connectivity index (χ1) is 10.4. The highest BCUT2D eigenvalue weighted by Crippen LogP contribution is 2.29. The first kappa shape index (κ1) is 16.6. The summed E-state index contributed by atoms with van der Waals surface area (Å²) in [6.07, 6.45) is 1.45. The van der Waals surface area contributed by atoms with Crippen molar-refractivity contribution in [2.24, 2.45) is 7.05 Å². The van der Waals surface area contributed by atoms with E-state index in [1.165, 1.54) is 11.2 Å². The molecule has 0 spiro atoms. The molecule has 118 valence electrons. The second-order valence-corrected chi connectivity index (χ2v) is 5.76. The van der Waals surface area contributed by atoms with Gasteiger partial charge >= 0.3 is 6.03 Å². The van der Waals surface area contributed by atoms with Crippen LogP contribution in [0.5, 0.6) is 0 Å². The molecule has 0 saturated carbocycles. The van der Waals surface area contributed by atoms with Gasteiger partial charge in [-0.25, -0.2) is 9.78 Å². The van der Waals surface area contributed by atoms with Crippen molar-refractivity contribution < 1.29 is 4.79 Å². The number of hydrogen-bond donors (Lipinski definition) is 1. The first-order valence-electron chi connectivity index (χ1n) is 6.68. The lowest BCUT2D eigenvalue weighted by Crippen LogP contribution is -2.38. The molecule has 1 aromatic heterocycles. The van der Waals surface area contributed by atoms with Crippen LogP contribution in [0.2, 0.25) is 10.0 Å². The fourth-order valence-electron chi connectivity index (χ4n) is 1.98. The van der Waals surface area contributed by atoms with Gasteiger partial charge in [0.15, 0.2) is 0 Å². The van der Waals surface area contributed by atoms with Crippen LogP contribution in [0, 0.1) is 0 Å². The minimum Gasteiger partial charge on any atom is -0.331 e. The maximum absolute atomic E-state index is 12.2. The van der Waals surface area contributed by atoms with Gasteiger partial charge in [0.1, 0.15) is 12.2 Å². The second kappa shape index (κ2) is 6.98. The summed E-state index contributed by atoms with van der Waals surface area (Å²) in [6.45, 7) is 2.21. The second-order valence-electron chi connectivity index (χ2n) is 4.97. The number of aromatic nitrogens is 3. The highest BCUT2D eigenvalue weighted by molar-refractivity contribution is 6.42. The Hall–Kier alpha value is -1.79. The van der Waals surface area contributed by atoms with Crippen molar-refractivity contribution in [3.8, 4) is 0 Å². The fourth-order valence-corrected chi connectivity index (χ4v) is 2.45. The van der Waals surface area contributed by atoms with Crippen LogP contribution < -0.4 is 5.32 Å². The molecule has 1 aromatic carbocycles. The van der Waals surface area contributed by atoms with Gasteiger partial charge in [0.2, 0.25) is 0 Å². The van der Waals surface area contributed by atoms with Gasteiger partial charge in [0.05, 0.1) is 22.6 Å². The Kier molecular flexibility index (Phi) is 5.26. The average molecular weight is 342 g/mol. The summed E-state index contributed by atoms with van der Waals surface area (Å²) >= 11 is 12.2. The quantitative estimate of drug-likeness (QED) is 0.929. The zero-order chi connectivity index (χ0) is 16.3. The number of nitrogens with one attached hydrogen (secondary N) is 1. The standard InChI is InChI=1S/C14H17Cl2N5O/c1-9(10-5-4-6-11(15)13(10)16)19-14(22)20(2)7-12-17-8-18-21(12)3/h4-6,8-9H,7H2,1-3H3,(H,19,22). The number of carbonyl (C=O) groups is 1. The number of benzene rings is 1. The lowest BCUT2D eigenvalue weighted by atomic mass is 10.1. The Morgan fingerprint density at radius 1 is 1.45 bits per heavy atom. The molecule has 2 rings (SSSR count). The number of halogens is 2. The number of nitrogens with zero attached hydrogens (tertiary/aromatic N) is 4. The molecular formula is C14H17Cl2N5O. The number of aryl methyl sites for hydroxylation is 1. The van der Waals surface area contributed by atoms with E-state index < -0.39 is 0 Å². The Labute approximate surface area is 139 Å². The number of rotatable bonds is 4. The molecule has 22 heavy (non-hydrogen) atoms. The molecule has 0 aliphatic rings. The van der Waals surface area contributed by atoms with Crippen molar-refractivity contribution in [1.29, 1.82) is 0 Å². The molecule has 8 heteroatoms. The van der Waals surface area contributed by atoms with Crippen LogP contribution in [0.3, 0.4) is 0 Å². The summed E-state index contributed by atoms with van der Waals surface area (Å²) < 4.78 is 1.63. The smallest absolute Gasteiger partial charge is 0.318 e. The summed E-state index contributed by atoms with van der Waals surface area (Å²) in [4.78, 5) is 17.9. The van der Waals surface area contributed by atoms with Crippen LogP contribution >= 0.6 is 23.2 Å². The van der Waals surface area contributed by atoms with Crippen LogP contribution in [0.15, 0.2) is 24.5 Å². The van der Waals surface area contributed by atoms with E-state index in [2.05, 4.69) is 15.4 Å². The van der Waals surface area contributed by atoms with Crippen molar-refractivity contribution in [2.45, 2.75) is 19.5 Å². The first-order valence-corrected chi connectivity index (χ1v) is 7.44. The molecule has 0 saturated heterocycles. The summed E-state index contributed by atoms with van der Waals surface area (Å²) in [5.74, 6) is 0.700. The molecule has 0 fully saturated rings. The minimum atomic E-state index is -0.263. The SMILES string of the molecule is CC(NC(=O)N(C)Cc1ncnn1C)c1cccc(Cl)c1Cl. The highest BCUT2D eigenvalue weighted by Gasteiger charge is 2.17. The Balaban J connectivity index is 2.01. The molecule has 1 unspecified atom stereocenters. The fraction of sp³-hybridized carbons (Fsp3) is 0.357. The van der Waals surface area contributed by atoms with Crippen molar-refractivity contribution in [3.63, 3.8) is 0 Å². The lowest BCUT2D eigenvalue weighted by Gasteiger charge is -2.22. The minimum absolute atomic E-state index is 0.230. The molecule has 0 radical (unpaired) electrons. The summed E-state index contributed by atoms with van der Waals surface area (Å²) in [5, 5.41) is 7.77. The molecule has 0 bridgehead atoms. The third-order valence-corrected chi connectivity index (χ3v) is 4.15. The van der Waals surface area contributed by atoms with E-state index in [4.69, 9.17) is 23.2 Å². The third-order valence-electron chi connectivity index (χ3n) is 3.32. The predicted molar refractivity (Wildman–Crippen MR) is 85.9 cm³/mol. The van der Waals surface area contributed by atoms with Crippen LogP contribution in [0.25, 0.3) is 0 Å². The van der Waals surface area contributed by atoms with E-state index in [1.807, 2.05) is 13.0 Å². The van der Waals surface area contributed by atoms with Gasteiger partial charge in [-0.1, -0.05) is 35.3 Å². The van der Waals surface area contributed by atoms with Gasteiger partial charge in [0.25, 0.3) is 0 Å². The van der Waals surface area contributed by atoms with Gasteiger partial charge < -0.3 is 10.2 Å². The molecule has 2 amide bonds. The van der Waals surface area contributed by atoms with Gasteiger partial charge in [-0.3, -0.25) is 4.68 Å². The van der Waals surface area contributed by atoms with E-state index in [9.17, 15) is 4.79 Å². The normalized spacial score (nSPS) is 12.0. The maximum Gasteiger partial charge on any atom is 0.318 e. The van der Waals surface area contributed by atoms with Crippen molar-refractivity contribution in [2.75, 3.05) is 7.05 Å². The number of urea groups is 1. The Morgan fingerprint density at radius 3 is 2.82 bits per heavy atom. The largest absolute Gasteiger partial charge is 0.331 e. The van der Waals surface area contributed by atoms with Crippen LogP contribution in [-0.4, -0.2) is 32.7 Å². The van der Waals surface area contributed by atoms with Gasteiger partial charge in [-0.15, -0.1) is 0 Å². The monoisotopic (exact) mass is 341 g/mol. The topological polar surface area (TPSA) is 63.1 Å². The van der Waals surface area contributed by atoms with E-state index in [0.717, 1.165) is 5.56 Å². The summed E-state index contributed by atoms with van der Waals surface area (Å²) in [7, 11) is 3.47. The Bertz CT molecular complexity index is 673. The number of hydrogen-bond acceptors (Lipinski definition) is 3. The molecule has 1 atom stereocenters. The van der Waals surface area contributed by atoms with E-state index in [0.29, 0.717) is 22.4 Å². The molecule has 1 N–H and O–H groups in total. The molecule has 1 heterocycles. The lowest BCUT2D eigenvalue weighted by molar-refractivity contribution is 0.202. The average Bonchev–Trinajstić information content (AvgIpc) is 2.87. The molecule has 0 aliphatic carbocycles. The van der Waals surface area contributed by atoms with Crippen LogP contribution in [0.4, 0.5) is 4.79 Å². The van der Waals surface area contributed by atoms with Gasteiger partial charge in [-0.2, -0.15) is 5.10 Å². The predicted octanol–water partition coefficient (Wildman–Crippen LogP) is 3.02. The number of carbonyl (C=O) groups excluding carboxylic acids is 1. The maximum atomic E-state index is 12.2. The van der Waals surface area contributed by atoms with Crippen LogP contribution in [-0.2, 0) is 13.6 Å². The molecule has 2 aromatic rings. The summed E-state index contributed by atoms with van der Waals surface area (Å²) in [5.41, 5.74) is 0.773. The zero-order valence-corrected chi connectivity index (χ0v) is 14.1. The molecule has 6 nitrogen and oxygen atoms in total. The van der Waals surface area contributed by atoms with Gasteiger partial charge in [-0.05, 0) is 18.6 Å². The third kappa shape index (κ3) is 3.69. The van der Waals surface area contributed by atoms with E-state index >= 15 is 0 Å². The molecule has 0 aliphatic heterocycles. The van der Waals surface area contributed by atoms with E-state index in [-0.39, 0.29) is 12.1 Å².